The summed E-state index contributed by atoms with van der Waals surface area (Å²) >= 11 is 0. The largest absolute Gasteiger partial charge is 0.486 e. The van der Waals surface area contributed by atoms with Gasteiger partial charge in [0.15, 0.2) is 11.6 Å². The van der Waals surface area contributed by atoms with Crippen LogP contribution in [0, 0.1) is 17.1 Å². The summed E-state index contributed by atoms with van der Waals surface area (Å²) in [4.78, 5) is 8.16. The van der Waals surface area contributed by atoms with Crippen molar-refractivity contribution in [1.29, 1.82) is 5.26 Å². The van der Waals surface area contributed by atoms with Crippen LogP contribution in [0.5, 0.6) is 5.75 Å². The van der Waals surface area contributed by atoms with Gasteiger partial charge < -0.3 is 4.74 Å². The first-order valence-electron chi connectivity index (χ1n) is 5.50. The van der Waals surface area contributed by atoms with Crippen LogP contribution in [0.3, 0.4) is 0 Å². The van der Waals surface area contributed by atoms with Crippen LogP contribution in [0.15, 0.2) is 43.2 Å². The first kappa shape index (κ1) is 12.7. The Morgan fingerprint density at radius 1 is 1.37 bits per heavy atom. The molecule has 0 spiro atoms. The Kier molecular flexibility index (Phi) is 3.84. The minimum absolute atomic E-state index is 0.00492. The molecule has 94 valence electrons. The Balaban J connectivity index is 2.25. The van der Waals surface area contributed by atoms with Gasteiger partial charge in [-0.15, -0.1) is 0 Å². The predicted octanol–water partition coefficient (Wildman–Crippen LogP) is 2.72. The number of aromatic nitrogens is 2. The molecule has 1 heterocycles. The third kappa shape index (κ3) is 2.93. The minimum Gasteiger partial charge on any atom is -0.486 e. The van der Waals surface area contributed by atoms with Crippen molar-refractivity contribution in [3.8, 4) is 23.2 Å². The standard InChI is InChI=1S/C14H10FN3O/c1-2-5-19-12-8-17-14(18-9-12)10-3-4-11(7-16)13(15)6-10/h2-4,6,8-9H,1,5H2. The molecule has 4 nitrogen and oxygen atoms in total. The van der Waals surface area contributed by atoms with E-state index >= 15 is 0 Å². The van der Waals surface area contributed by atoms with E-state index < -0.39 is 5.82 Å². The summed E-state index contributed by atoms with van der Waals surface area (Å²) in [6, 6.07) is 5.99. The average Bonchev–Trinajstić information content (AvgIpc) is 2.45. The fraction of sp³-hybridized carbons (Fsp3) is 0.0714. The van der Waals surface area contributed by atoms with Crippen molar-refractivity contribution in [3.63, 3.8) is 0 Å². The quantitative estimate of drug-likeness (QED) is 0.788. The monoisotopic (exact) mass is 255 g/mol. The molecule has 0 saturated heterocycles. The Labute approximate surface area is 109 Å². The van der Waals surface area contributed by atoms with E-state index in [-0.39, 0.29) is 5.56 Å². The summed E-state index contributed by atoms with van der Waals surface area (Å²) in [5.74, 6) is 0.294. The van der Waals surface area contributed by atoms with E-state index in [9.17, 15) is 4.39 Å². The maximum Gasteiger partial charge on any atom is 0.159 e. The second-order valence-corrected chi connectivity index (χ2v) is 3.65. The van der Waals surface area contributed by atoms with Crippen molar-refractivity contribution in [2.75, 3.05) is 6.61 Å². The van der Waals surface area contributed by atoms with Crippen molar-refractivity contribution in [2.24, 2.45) is 0 Å². The van der Waals surface area contributed by atoms with E-state index in [0.29, 0.717) is 23.7 Å². The fourth-order valence-corrected chi connectivity index (χ4v) is 1.44. The molecular formula is C14H10FN3O. The Morgan fingerprint density at radius 3 is 2.68 bits per heavy atom. The summed E-state index contributed by atoms with van der Waals surface area (Å²) in [6.45, 7) is 3.90. The molecule has 2 rings (SSSR count). The van der Waals surface area contributed by atoms with Crippen LogP contribution >= 0.6 is 0 Å². The van der Waals surface area contributed by atoms with Crippen molar-refractivity contribution < 1.29 is 9.13 Å². The van der Waals surface area contributed by atoms with Crippen LogP contribution in [-0.4, -0.2) is 16.6 Å². The summed E-state index contributed by atoms with van der Waals surface area (Å²) in [5.41, 5.74) is 0.501. The third-order valence-corrected chi connectivity index (χ3v) is 2.34. The SMILES string of the molecule is C=CCOc1cnc(-c2ccc(C#N)c(F)c2)nc1. The predicted molar refractivity (Wildman–Crippen MR) is 67.8 cm³/mol. The molecule has 0 aliphatic heterocycles. The fourth-order valence-electron chi connectivity index (χ4n) is 1.44. The number of nitriles is 1. The third-order valence-electron chi connectivity index (χ3n) is 2.34. The summed E-state index contributed by atoms with van der Waals surface area (Å²) in [6.07, 6.45) is 4.62. The molecule has 0 radical (unpaired) electrons. The Bertz CT molecular complexity index is 632. The molecule has 0 saturated carbocycles. The van der Waals surface area contributed by atoms with Crippen LogP contribution in [0.1, 0.15) is 5.56 Å². The van der Waals surface area contributed by atoms with Gasteiger partial charge in [-0.1, -0.05) is 12.7 Å². The van der Waals surface area contributed by atoms with Gasteiger partial charge in [0.25, 0.3) is 0 Å². The second kappa shape index (κ2) is 5.74. The lowest BCUT2D eigenvalue weighted by atomic mass is 10.1. The maximum absolute atomic E-state index is 13.5. The van der Waals surface area contributed by atoms with Crippen LogP contribution in [-0.2, 0) is 0 Å². The molecule has 0 unspecified atom stereocenters. The summed E-state index contributed by atoms with van der Waals surface area (Å²) in [5, 5.41) is 8.65. The summed E-state index contributed by atoms with van der Waals surface area (Å²) in [7, 11) is 0. The molecule has 0 bridgehead atoms. The maximum atomic E-state index is 13.5. The number of halogens is 1. The van der Waals surface area contributed by atoms with Gasteiger partial charge in [0.2, 0.25) is 0 Å². The molecule has 0 amide bonds. The van der Waals surface area contributed by atoms with Gasteiger partial charge in [0, 0.05) is 5.56 Å². The van der Waals surface area contributed by atoms with Gasteiger partial charge in [0.1, 0.15) is 18.5 Å². The minimum atomic E-state index is -0.587. The molecular weight excluding hydrogens is 245 g/mol. The number of nitrogens with zero attached hydrogens (tertiary/aromatic N) is 3. The molecule has 0 aliphatic rings. The molecule has 0 N–H and O–H groups in total. The van der Waals surface area contributed by atoms with Gasteiger partial charge in [-0.05, 0) is 18.2 Å². The second-order valence-electron chi connectivity index (χ2n) is 3.65. The highest BCUT2D eigenvalue weighted by atomic mass is 19.1. The van der Waals surface area contributed by atoms with Crippen LogP contribution < -0.4 is 4.74 Å². The van der Waals surface area contributed by atoms with Crippen LogP contribution in [0.2, 0.25) is 0 Å². The van der Waals surface area contributed by atoms with E-state index in [1.807, 2.05) is 0 Å². The van der Waals surface area contributed by atoms with Crippen LogP contribution in [0.25, 0.3) is 11.4 Å². The van der Waals surface area contributed by atoms with Gasteiger partial charge in [-0.3, -0.25) is 0 Å². The van der Waals surface area contributed by atoms with E-state index in [4.69, 9.17) is 10.00 Å². The lowest BCUT2D eigenvalue weighted by Crippen LogP contribution is -1.96. The number of benzene rings is 1. The number of hydrogen-bond acceptors (Lipinski definition) is 4. The zero-order valence-corrected chi connectivity index (χ0v) is 10.0. The first-order valence-corrected chi connectivity index (χ1v) is 5.50. The van der Waals surface area contributed by atoms with Gasteiger partial charge >= 0.3 is 0 Å². The van der Waals surface area contributed by atoms with E-state index in [1.165, 1.54) is 24.5 Å². The molecule has 19 heavy (non-hydrogen) atoms. The van der Waals surface area contributed by atoms with Gasteiger partial charge in [-0.25, -0.2) is 14.4 Å². The van der Waals surface area contributed by atoms with E-state index in [2.05, 4.69) is 16.5 Å². The lowest BCUT2D eigenvalue weighted by molar-refractivity contribution is 0.360. The van der Waals surface area contributed by atoms with E-state index in [0.717, 1.165) is 0 Å². The van der Waals surface area contributed by atoms with Crippen molar-refractivity contribution in [2.45, 2.75) is 0 Å². The molecule has 5 heteroatoms. The number of rotatable bonds is 4. The van der Waals surface area contributed by atoms with Crippen molar-refractivity contribution in [3.05, 3.63) is 54.6 Å². The molecule has 2 aromatic rings. The lowest BCUT2D eigenvalue weighted by Gasteiger charge is -2.04. The topological polar surface area (TPSA) is 58.8 Å². The van der Waals surface area contributed by atoms with Gasteiger partial charge in [0.05, 0.1) is 18.0 Å². The normalized spacial score (nSPS) is 9.68. The zero-order chi connectivity index (χ0) is 13.7. The zero-order valence-electron chi connectivity index (χ0n) is 10.0. The Morgan fingerprint density at radius 2 is 2.11 bits per heavy atom. The van der Waals surface area contributed by atoms with Gasteiger partial charge in [-0.2, -0.15) is 5.26 Å². The number of hydrogen-bond donors (Lipinski definition) is 0. The smallest absolute Gasteiger partial charge is 0.159 e. The van der Waals surface area contributed by atoms with Crippen molar-refractivity contribution in [1.82, 2.24) is 9.97 Å². The first-order chi connectivity index (χ1) is 9.24. The molecule has 1 aromatic heterocycles. The van der Waals surface area contributed by atoms with E-state index in [1.54, 1.807) is 18.2 Å². The highest BCUT2D eigenvalue weighted by Crippen LogP contribution is 2.19. The number of ether oxygens (including phenoxy) is 1. The van der Waals surface area contributed by atoms with Crippen molar-refractivity contribution >= 4 is 0 Å². The van der Waals surface area contributed by atoms with Crippen LogP contribution in [0.4, 0.5) is 4.39 Å². The molecule has 0 fully saturated rings. The Hall–Kier alpha value is -2.74. The highest BCUT2D eigenvalue weighted by molar-refractivity contribution is 5.56. The molecule has 0 aliphatic carbocycles. The molecule has 1 aromatic carbocycles. The highest BCUT2D eigenvalue weighted by Gasteiger charge is 2.06. The molecule has 0 atom stereocenters. The average molecular weight is 255 g/mol. The summed E-state index contributed by atoms with van der Waals surface area (Å²) < 4.78 is 18.7.